The molecule has 1 N–H and O–H groups in total. The minimum atomic E-state index is -0.535. The lowest BCUT2D eigenvalue weighted by atomic mass is 10.2. The summed E-state index contributed by atoms with van der Waals surface area (Å²) in [5.41, 5.74) is 1.35. The van der Waals surface area contributed by atoms with Gasteiger partial charge in [-0.1, -0.05) is 24.3 Å². The van der Waals surface area contributed by atoms with Gasteiger partial charge in [-0.05, 0) is 47.8 Å². The van der Waals surface area contributed by atoms with E-state index < -0.39 is 11.9 Å². The average Bonchev–Trinajstić information content (AvgIpc) is 3.27. The van der Waals surface area contributed by atoms with E-state index in [1.807, 2.05) is 5.38 Å². The van der Waals surface area contributed by atoms with E-state index in [1.165, 1.54) is 11.3 Å². The molecule has 6 nitrogen and oxygen atoms in total. The van der Waals surface area contributed by atoms with Crippen molar-refractivity contribution >= 4 is 34.9 Å². The van der Waals surface area contributed by atoms with E-state index in [0.29, 0.717) is 21.7 Å². The summed E-state index contributed by atoms with van der Waals surface area (Å²) in [6, 6.07) is 18.5. The van der Waals surface area contributed by atoms with Crippen LogP contribution in [0.1, 0.15) is 30.4 Å². The third-order valence-electron chi connectivity index (χ3n) is 3.68. The number of amides is 1. The summed E-state index contributed by atoms with van der Waals surface area (Å²) in [5, 5.41) is 4.58. The molecular formula is C21H17NO5S. The van der Waals surface area contributed by atoms with Crippen molar-refractivity contribution in [2.75, 3.05) is 18.5 Å². The van der Waals surface area contributed by atoms with Crippen molar-refractivity contribution in [1.29, 1.82) is 0 Å². The highest BCUT2D eigenvalue weighted by atomic mass is 32.1. The van der Waals surface area contributed by atoms with Crippen LogP contribution in [0.15, 0.2) is 72.1 Å². The zero-order valence-corrected chi connectivity index (χ0v) is 15.6. The average molecular weight is 395 g/mol. The first-order valence-electron chi connectivity index (χ1n) is 8.48. The molecule has 7 heteroatoms. The molecule has 0 bridgehead atoms. The molecule has 142 valence electrons. The van der Waals surface area contributed by atoms with E-state index in [4.69, 9.17) is 9.47 Å². The number of carbonyl (C=O) groups is 3. The fraction of sp³-hybridized carbons (Fsp3) is 0.0952. The third-order valence-corrected chi connectivity index (χ3v) is 4.55. The standard InChI is InChI=1S/C21H17NO5S/c23-19(18-7-4-14-28-18)22-17-10-8-16(9-11-17)21(25)27-13-12-26-20(24)15-5-2-1-3-6-15/h1-11,14H,12-13H2,(H,22,23). The van der Waals surface area contributed by atoms with Crippen LogP contribution in [-0.2, 0) is 9.47 Å². The van der Waals surface area contributed by atoms with E-state index in [0.717, 1.165) is 0 Å². The lowest BCUT2D eigenvalue weighted by Gasteiger charge is -2.08. The summed E-state index contributed by atoms with van der Waals surface area (Å²) in [6.45, 7) is -0.0807. The number of benzene rings is 2. The number of hydrogen-bond acceptors (Lipinski definition) is 6. The maximum absolute atomic E-state index is 12.0. The van der Waals surface area contributed by atoms with Crippen molar-refractivity contribution in [1.82, 2.24) is 0 Å². The predicted octanol–water partition coefficient (Wildman–Crippen LogP) is 4.01. The van der Waals surface area contributed by atoms with Gasteiger partial charge in [0.05, 0.1) is 16.0 Å². The molecule has 0 radical (unpaired) electrons. The molecule has 0 aliphatic heterocycles. The lowest BCUT2D eigenvalue weighted by molar-refractivity contribution is 0.0265. The number of esters is 2. The van der Waals surface area contributed by atoms with Crippen molar-refractivity contribution < 1.29 is 23.9 Å². The van der Waals surface area contributed by atoms with Gasteiger partial charge >= 0.3 is 11.9 Å². The van der Waals surface area contributed by atoms with E-state index in [2.05, 4.69) is 5.32 Å². The molecule has 28 heavy (non-hydrogen) atoms. The largest absolute Gasteiger partial charge is 0.458 e. The Morgan fingerprint density at radius 1 is 0.750 bits per heavy atom. The van der Waals surface area contributed by atoms with Crippen LogP contribution in [0.3, 0.4) is 0 Å². The maximum Gasteiger partial charge on any atom is 0.338 e. The first kappa shape index (κ1) is 19.3. The zero-order valence-electron chi connectivity index (χ0n) is 14.8. The van der Waals surface area contributed by atoms with Crippen LogP contribution >= 0.6 is 11.3 Å². The molecule has 1 amide bonds. The molecule has 0 spiro atoms. The number of ether oxygens (including phenoxy) is 2. The van der Waals surface area contributed by atoms with Crippen molar-refractivity contribution in [2.24, 2.45) is 0 Å². The normalized spacial score (nSPS) is 10.1. The summed E-state index contributed by atoms with van der Waals surface area (Å²) in [6.07, 6.45) is 0. The van der Waals surface area contributed by atoms with Gasteiger partial charge in [0, 0.05) is 5.69 Å². The smallest absolute Gasteiger partial charge is 0.338 e. The molecular weight excluding hydrogens is 378 g/mol. The molecule has 1 aromatic heterocycles. The van der Waals surface area contributed by atoms with Gasteiger partial charge in [0.2, 0.25) is 0 Å². The van der Waals surface area contributed by atoms with Gasteiger partial charge in [-0.25, -0.2) is 9.59 Å². The summed E-state index contributed by atoms with van der Waals surface area (Å²) in [7, 11) is 0. The molecule has 0 aliphatic carbocycles. The molecule has 0 unspecified atom stereocenters. The highest BCUT2D eigenvalue weighted by molar-refractivity contribution is 7.12. The van der Waals surface area contributed by atoms with Gasteiger partial charge < -0.3 is 14.8 Å². The van der Waals surface area contributed by atoms with Crippen LogP contribution in [0.5, 0.6) is 0 Å². The number of rotatable bonds is 7. The van der Waals surface area contributed by atoms with Crippen LogP contribution in [0, 0.1) is 0 Å². The summed E-state index contributed by atoms with van der Waals surface area (Å²) in [5.74, 6) is -1.21. The van der Waals surface area contributed by atoms with Gasteiger partial charge in [0.25, 0.3) is 5.91 Å². The summed E-state index contributed by atoms with van der Waals surface area (Å²) < 4.78 is 10.1. The van der Waals surface area contributed by atoms with Gasteiger partial charge in [-0.3, -0.25) is 4.79 Å². The van der Waals surface area contributed by atoms with Crippen molar-refractivity contribution in [2.45, 2.75) is 0 Å². The van der Waals surface area contributed by atoms with Gasteiger partial charge in [-0.2, -0.15) is 0 Å². The Morgan fingerprint density at radius 3 is 1.93 bits per heavy atom. The van der Waals surface area contributed by atoms with E-state index in [-0.39, 0.29) is 19.1 Å². The summed E-state index contributed by atoms with van der Waals surface area (Å²) in [4.78, 5) is 36.4. The predicted molar refractivity (Wildman–Crippen MR) is 106 cm³/mol. The summed E-state index contributed by atoms with van der Waals surface area (Å²) >= 11 is 1.35. The first-order valence-corrected chi connectivity index (χ1v) is 9.35. The highest BCUT2D eigenvalue weighted by Gasteiger charge is 2.11. The molecule has 0 aliphatic rings. The second kappa shape index (κ2) is 9.48. The Kier molecular flexibility index (Phi) is 6.54. The number of nitrogens with one attached hydrogen (secondary N) is 1. The Bertz CT molecular complexity index is 937. The number of anilines is 1. The van der Waals surface area contributed by atoms with E-state index in [9.17, 15) is 14.4 Å². The van der Waals surface area contributed by atoms with Crippen molar-refractivity contribution in [3.05, 3.63) is 88.1 Å². The SMILES string of the molecule is O=C(OCCOC(=O)c1ccc(NC(=O)c2cccs2)cc1)c1ccccc1. The second-order valence-electron chi connectivity index (χ2n) is 5.65. The molecule has 2 aromatic carbocycles. The van der Waals surface area contributed by atoms with Crippen molar-refractivity contribution in [3.63, 3.8) is 0 Å². The fourth-order valence-electron chi connectivity index (χ4n) is 2.30. The first-order chi connectivity index (χ1) is 13.6. The van der Waals surface area contributed by atoms with Crippen molar-refractivity contribution in [3.8, 4) is 0 Å². The Labute approximate surface area is 165 Å². The molecule has 0 atom stereocenters. The Hall–Kier alpha value is -3.45. The Morgan fingerprint density at radius 2 is 1.36 bits per heavy atom. The quantitative estimate of drug-likeness (QED) is 0.483. The van der Waals surface area contributed by atoms with Gasteiger partial charge in [0.15, 0.2) is 0 Å². The van der Waals surface area contributed by atoms with E-state index >= 15 is 0 Å². The van der Waals surface area contributed by atoms with Gasteiger partial charge in [0.1, 0.15) is 13.2 Å². The van der Waals surface area contributed by atoms with Crippen LogP contribution in [0.2, 0.25) is 0 Å². The number of thiophene rings is 1. The minimum absolute atomic E-state index is 0.0333. The molecule has 0 saturated carbocycles. The molecule has 3 aromatic rings. The topological polar surface area (TPSA) is 81.7 Å². The zero-order chi connectivity index (χ0) is 19.8. The highest BCUT2D eigenvalue weighted by Crippen LogP contribution is 2.14. The number of hydrogen-bond donors (Lipinski definition) is 1. The van der Waals surface area contributed by atoms with Crippen LogP contribution in [0.25, 0.3) is 0 Å². The molecule has 3 rings (SSSR count). The van der Waals surface area contributed by atoms with Crippen LogP contribution in [0.4, 0.5) is 5.69 Å². The van der Waals surface area contributed by atoms with Crippen LogP contribution in [-0.4, -0.2) is 31.1 Å². The molecule has 0 saturated heterocycles. The third kappa shape index (κ3) is 5.28. The maximum atomic E-state index is 12.0. The molecule has 1 heterocycles. The fourth-order valence-corrected chi connectivity index (χ4v) is 2.92. The second-order valence-corrected chi connectivity index (χ2v) is 6.59. The van der Waals surface area contributed by atoms with Gasteiger partial charge in [-0.15, -0.1) is 11.3 Å². The van der Waals surface area contributed by atoms with Crippen LogP contribution < -0.4 is 5.32 Å². The lowest BCUT2D eigenvalue weighted by Crippen LogP contribution is -2.14. The monoisotopic (exact) mass is 395 g/mol. The molecule has 0 fully saturated rings. The number of carbonyl (C=O) groups excluding carboxylic acids is 3. The Balaban J connectivity index is 1.43. The van der Waals surface area contributed by atoms with E-state index in [1.54, 1.807) is 66.7 Å². The minimum Gasteiger partial charge on any atom is -0.458 e.